The molecule has 0 bridgehead atoms. The molecule has 6 nitrogen and oxygen atoms in total. The van der Waals surface area contributed by atoms with Crippen LogP contribution in [0.5, 0.6) is 0 Å². The normalized spacial score (nSPS) is 15.7. The van der Waals surface area contributed by atoms with Crippen molar-refractivity contribution in [3.63, 3.8) is 0 Å². The van der Waals surface area contributed by atoms with Crippen LogP contribution in [0.25, 0.3) is 0 Å². The summed E-state index contributed by atoms with van der Waals surface area (Å²) in [6.45, 7) is 3.26. The molecule has 0 saturated carbocycles. The first kappa shape index (κ1) is 21.6. The number of hydrogen-bond donors (Lipinski definition) is 2. The van der Waals surface area contributed by atoms with E-state index in [1.54, 1.807) is 6.92 Å². The SMILES string of the molecule is Cc1ccc(S(=O)(=O)NC2(C)COC2)c(F)c1C(=O)Nc1cc(F)c(F)c(Cl)c1. The summed E-state index contributed by atoms with van der Waals surface area (Å²) in [6.07, 6.45) is 0. The van der Waals surface area contributed by atoms with Crippen LogP contribution in [0, 0.1) is 24.4 Å². The number of rotatable bonds is 5. The number of carbonyl (C=O) groups excluding carboxylic acids is 1. The molecule has 0 aliphatic carbocycles. The second-order valence-corrected chi connectivity index (χ2v) is 8.99. The van der Waals surface area contributed by atoms with E-state index in [9.17, 15) is 22.0 Å². The number of carbonyl (C=O) groups is 1. The molecule has 0 spiro atoms. The average molecular weight is 449 g/mol. The van der Waals surface area contributed by atoms with Crippen molar-refractivity contribution >= 4 is 33.2 Å². The smallest absolute Gasteiger partial charge is 0.258 e. The minimum absolute atomic E-state index is 0.129. The van der Waals surface area contributed by atoms with Crippen LogP contribution in [-0.4, -0.2) is 33.1 Å². The van der Waals surface area contributed by atoms with Crippen molar-refractivity contribution in [2.45, 2.75) is 24.3 Å². The Morgan fingerprint density at radius 1 is 1.17 bits per heavy atom. The van der Waals surface area contributed by atoms with Crippen LogP contribution in [0.4, 0.5) is 18.9 Å². The lowest BCUT2D eigenvalue weighted by Gasteiger charge is -2.38. The fourth-order valence-electron chi connectivity index (χ4n) is 2.81. The molecule has 2 aromatic carbocycles. The first-order chi connectivity index (χ1) is 13.4. The molecule has 1 saturated heterocycles. The minimum atomic E-state index is -4.29. The van der Waals surface area contributed by atoms with Crippen LogP contribution < -0.4 is 10.0 Å². The van der Waals surface area contributed by atoms with Gasteiger partial charge >= 0.3 is 0 Å². The molecule has 0 aromatic heterocycles. The molecule has 1 fully saturated rings. The second kappa shape index (κ2) is 7.60. The molecule has 1 aliphatic heterocycles. The highest BCUT2D eigenvalue weighted by molar-refractivity contribution is 7.89. The lowest BCUT2D eigenvalue weighted by atomic mass is 10.0. The van der Waals surface area contributed by atoms with Gasteiger partial charge in [-0.1, -0.05) is 17.7 Å². The summed E-state index contributed by atoms with van der Waals surface area (Å²) in [4.78, 5) is 11.8. The number of ether oxygens (including phenoxy) is 1. The lowest BCUT2D eigenvalue weighted by molar-refractivity contribution is -0.0523. The largest absolute Gasteiger partial charge is 0.377 e. The third-order valence-corrected chi connectivity index (χ3v) is 6.23. The summed E-state index contributed by atoms with van der Waals surface area (Å²) in [5.41, 5.74) is -1.50. The number of anilines is 1. The van der Waals surface area contributed by atoms with Gasteiger partial charge in [-0.2, -0.15) is 0 Å². The number of nitrogens with one attached hydrogen (secondary N) is 2. The highest BCUT2D eigenvalue weighted by atomic mass is 35.5. The van der Waals surface area contributed by atoms with Crippen molar-refractivity contribution in [1.82, 2.24) is 4.72 Å². The van der Waals surface area contributed by atoms with Crippen molar-refractivity contribution < 1.29 is 31.1 Å². The number of benzene rings is 2. The minimum Gasteiger partial charge on any atom is -0.377 e. The summed E-state index contributed by atoms with van der Waals surface area (Å²) in [5.74, 6) is -4.91. The molecule has 1 aliphatic rings. The highest BCUT2D eigenvalue weighted by Crippen LogP contribution is 2.27. The maximum atomic E-state index is 15.0. The zero-order valence-corrected chi connectivity index (χ0v) is 16.8. The summed E-state index contributed by atoms with van der Waals surface area (Å²) >= 11 is 5.54. The monoisotopic (exact) mass is 448 g/mol. The van der Waals surface area contributed by atoms with E-state index in [1.807, 2.05) is 0 Å². The van der Waals surface area contributed by atoms with Crippen molar-refractivity contribution in [1.29, 1.82) is 0 Å². The Labute approximate surface area is 170 Å². The number of amides is 1. The van der Waals surface area contributed by atoms with E-state index >= 15 is 4.39 Å². The molecular formula is C18H16ClF3N2O4S. The number of hydrogen-bond acceptors (Lipinski definition) is 4. The maximum Gasteiger partial charge on any atom is 0.258 e. The molecule has 29 heavy (non-hydrogen) atoms. The molecule has 1 heterocycles. The molecule has 2 aromatic rings. The van der Waals surface area contributed by atoms with Gasteiger partial charge in [-0.05, 0) is 31.5 Å². The standard InChI is InChI=1S/C18H16ClF3N2O4S/c1-9-3-4-13(29(26,27)24-18(2)7-28-8-18)16(22)14(9)17(25)23-10-5-11(19)15(21)12(20)6-10/h3-6,24H,7-8H2,1-2H3,(H,23,25). The number of aryl methyl sites for hydroxylation is 1. The third-order valence-electron chi connectivity index (χ3n) is 4.30. The Morgan fingerprint density at radius 2 is 1.83 bits per heavy atom. The van der Waals surface area contributed by atoms with E-state index in [4.69, 9.17) is 16.3 Å². The third kappa shape index (κ3) is 4.25. The number of sulfonamides is 1. The summed E-state index contributed by atoms with van der Waals surface area (Å²) < 4.78 is 74.3. The van der Waals surface area contributed by atoms with Crippen LogP contribution in [0.3, 0.4) is 0 Å². The van der Waals surface area contributed by atoms with E-state index in [2.05, 4.69) is 10.0 Å². The van der Waals surface area contributed by atoms with Gasteiger partial charge in [0.25, 0.3) is 5.91 Å². The molecule has 1 amide bonds. The summed E-state index contributed by atoms with van der Waals surface area (Å²) in [7, 11) is -4.29. The zero-order valence-electron chi connectivity index (χ0n) is 15.3. The molecular weight excluding hydrogens is 433 g/mol. The van der Waals surface area contributed by atoms with Gasteiger partial charge in [-0.3, -0.25) is 4.79 Å². The van der Waals surface area contributed by atoms with Gasteiger partial charge in [0, 0.05) is 11.8 Å². The predicted octanol–water partition coefficient (Wildman–Crippen LogP) is 3.39. The fraction of sp³-hybridized carbons (Fsp3) is 0.278. The van der Waals surface area contributed by atoms with Crippen LogP contribution in [0.15, 0.2) is 29.2 Å². The summed E-state index contributed by atoms with van der Waals surface area (Å²) in [5, 5.41) is 1.62. The topological polar surface area (TPSA) is 84.5 Å². The molecule has 2 N–H and O–H groups in total. The van der Waals surface area contributed by atoms with E-state index in [-0.39, 0.29) is 24.5 Å². The van der Waals surface area contributed by atoms with Gasteiger partial charge in [-0.15, -0.1) is 0 Å². The van der Waals surface area contributed by atoms with Crippen molar-refractivity contribution in [3.8, 4) is 0 Å². The van der Waals surface area contributed by atoms with Crippen molar-refractivity contribution in [2.75, 3.05) is 18.5 Å². The second-order valence-electron chi connectivity index (χ2n) is 6.94. The predicted molar refractivity (Wildman–Crippen MR) is 100 cm³/mol. The van der Waals surface area contributed by atoms with E-state index in [1.165, 1.54) is 13.0 Å². The Hall–Kier alpha value is -2.14. The van der Waals surface area contributed by atoms with E-state index < -0.39 is 54.4 Å². The molecule has 0 unspecified atom stereocenters. The molecule has 3 rings (SSSR count). The van der Waals surface area contributed by atoms with Crippen molar-refractivity contribution in [3.05, 3.63) is 57.9 Å². The van der Waals surface area contributed by atoms with Crippen LogP contribution >= 0.6 is 11.6 Å². The quantitative estimate of drug-likeness (QED) is 0.687. The van der Waals surface area contributed by atoms with Crippen LogP contribution in [0.2, 0.25) is 5.02 Å². The average Bonchev–Trinajstić information content (AvgIpc) is 2.57. The fourth-order valence-corrected chi connectivity index (χ4v) is 4.48. The lowest BCUT2D eigenvalue weighted by Crippen LogP contribution is -2.59. The Kier molecular flexibility index (Phi) is 5.65. The Morgan fingerprint density at radius 3 is 2.38 bits per heavy atom. The number of halogens is 4. The molecule has 0 atom stereocenters. The van der Waals surface area contributed by atoms with E-state index in [0.717, 1.165) is 12.1 Å². The van der Waals surface area contributed by atoms with Crippen LogP contribution in [0.1, 0.15) is 22.8 Å². The Bertz CT molecular complexity index is 1080. The first-order valence-electron chi connectivity index (χ1n) is 8.30. The molecule has 11 heteroatoms. The van der Waals surface area contributed by atoms with Gasteiger partial charge < -0.3 is 10.1 Å². The van der Waals surface area contributed by atoms with Crippen molar-refractivity contribution in [2.24, 2.45) is 0 Å². The van der Waals surface area contributed by atoms with Gasteiger partial charge in [0.1, 0.15) is 4.90 Å². The maximum absolute atomic E-state index is 15.0. The molecule has 156 valence electrons. The van der Waals surface area contributed by atoms with Gasteiger partial charge in [0.15, 0.2) is 17.5 Å². The highest BCUT2D eigenvalue weighted by Gasteiger charge is 2.39. The van der Waals surface area contributed by atoms with Gasteiger partial charge in [0.2, 0.25) is 10.0 Å². The summed E-state index contributed by atoms with van der Waals surface area (Å²) in [6, 6.07) is 3.93. The van der Waals surface area contributed by atoms with Gasteiger partial charge in [0.05, 0.1) is 29.3 Å². The van der Waals surface area contributed by atoms with E-state index in [0.29, 0.717) is 6.07 Å². The van der Waals surface area contributed by atoms with Crippen LogP contribution in [-0.2, 0) is 14.8 Å². The first-order valence-corrected chi connectivity index (χ1v) is 10.2. The Balaban J connectivity index is 1.95. The molecule has 0 radical (unpaired) electrons. The zero-order chi connectivity index (χ0) is 21.6. The van der Waals surface area contributed by atoms with Gasteiger partial charge in [-0.25, -0.2) is 26.3 Å².